The fourth-order valence-electron chi connectivity index (χ4n) is 2.08. The second-order valence-electron chi connectivity index (χ2n) is 6.76. The van der Waals surface area contributed by atoms with Crippen molar-refractivity contribution in [2.45, 2.75) is 55.3 Å². The predicted molar refractivity (Wildman–Crippen MR) is 82.7 cm³/mol. The molecule has 1 rings (SSSR count). The van der Waals surface area contributed by atoms with Gasteiger partial charge in [0.05, 0.1) is 0 Å². The molecule has 0 fully saturated rings. The number of carbonyl (C=O) groups excluding carboxylic acids is 1. The highest BCUT2D eigenvalue weighted by atomic mass is 19.4. The first-order valence-electron chi connectivity index (χ1n) is 8.56. The standard InChI is InChI=1S/C16H8F17NO3/c1-6-4-2-3-5-7(6)34-8(35)9(17,12(21,22)23)36-16(32,33)11(20,14(27,28)29)37-15(30,31)10(18,19)13(24,25)26/h2-5H,1H3,(H,34,35)/t9-,11+/m1/s1. The SMILES string of the molecule is Cc1ccccc1NC(=O)[C@@](F)(OC(F)(F)[C@@](F)(OC(F)(F)C(F)(F)C(F)(F)F)C(F)(F)F)C(F)(F)F. The first-order valence-corrected chi connectivity index (χ1v) is 8.56. The summed E-state index contributed by atoms with van der Waals surface area (Å²) >= 11 is 0. The summed E-state index contributed by atoms with van der Waals surface area (Å²) in [4.78, 5) is 11.7. The minimum atomic E-state index is -8.05. The number of aryl methyl sites for hydroxylation is 1. The van der Waals surface area contributed by atoms with Gasteiger partial charge in [0, 0.05) is 5.69 Å². The van der Waals surface area contributed by atoms with Gasteiger partial charge in [-0.05, 0) is 18.6 Å². The predicted octanol–water partition coefficient (Wildman–Crippen LogP) is 6.81. The van der Waals surface area contributed by atoms with Gasteiger partial charge in [-0.3, -0.25) is 14.3 Å². The van der Waals surface area contributed by atoms with Crippen LogP contribution >= 0.6 is 0 Å². The molecular formula is C16H8F17NO3. The Morgan fingerprint density at radius 3 is 1.49 bits per heavy atom. The van der Waals surface area contributed by atoms with Crippen LogP contribution in [0.15, 0.2) is 24.3 Å². The lowest BCUT2D eigenvalue weighted by Gasteiger charge is -2.40. The Morgan fingerprint density at radius 2 is 1.11 bits per heavy atom. The molecule has 0 heterocycles. The molecule has 37 heavy (non-hydrogen) atoms. The molecule has 0 radical (unpaired) electrons. The quantitative estimate of drug-likeness (QED) is 0.342. The number of para-hydroxylation sites is 1. The number of rotatable bonds is 8. The third-order valence-electron chi connectivity index (χ3n) is 4.05. The maximum atomic E-state index is 14.4. The van der Waals surface area contributed by atoms with E-state index in [9.17, 15) is 79.4 Å². The largest absolute Gasteiger partial charge is 0.462 e. The third kappa shape index (κ3) is 5.80. The zero-order valence-electron chi connectivity index (χ0n) is 17.0. The summed E-state index contributed by atoms with van der Waals surface area (Å²) in [5, 5.41) is 0.909. The van der Waals surface area contributed by atoms with E-state index in [1.54, 1.807) is 0 Å². The molecule has 0 aliphatic carbocycles. The van der Waals surface area contributed by atoms with E-state index in [-0.39, 0.29) is 5.56 Å². The summed E-state index contributed by atoms with van der Waals surface area (Å²) in [6.07, 6.45) is -38.6. The molecular weight excluding hydrogens is 577 g/mol. The summed E-state index contributed by atoms with van der Waals surface area (Å²) in [6.45, 7) is 0.992. The van der Waals surface area contributed by atoms with Gasteiger partial charge in [0.2, 0.25) is 0 Å². The minimum absolute atomic E-state index is 0.250. The van der Waals surface area contributed by atoms with Crippen LogP contribution in [0.4, 0.5) is 80.3 Å². The smallest absolute Gasteiger partial charge is 0.321 e. The van der Waals surface area contributed by atoms with Crippen LogP contribution in [-0.2, 0) is 14.3 Å². The Morgan fingerprint density at radius 1 is 0.649 bits per heavy atom. The molecule has 21 heteroatoms. The highest BCUT2D eigenvalue weighted by Gasteiger charge is 2.85. The molecule has 1 aromatic rings. The van der Waals surface area contributed by atoms with Gasteiger partial charge in [-0.25, -0.2) is 0 Å². The molecule has 214 valence electrons. The average molecular weight is 585 g/mol. The number of amides is 1. The molecule has 0 aromatic heterocycles. The summed E-state index contributed by atoms with van der Waals surface area (Å²) < 4.78 is 226. The van der Waals surface area contributed by atoms with E-state index in [1.165, 1.54) is 4.74 Å². The first kappa shape index (κ1) is 32.4. The Balaban J connectivity index is 3.64. The summed E-state index contributed by atoms with van der Waals surface area (Å²) in [5.74, 6) is -26.2. The molecule has 0 bridgehead atoms. The van der Waals surface area contributed by atoms with Crippen LogP contribution in [-0.4, -0.2) is 54.3 Å². The molecule has 0 aliphatic heterocycles. The van der Waals surface area contributed by atoms with E-state index in [0.29, 0.717) is 6.07 Å². The van der Waals surface area contributed by atoms with Crippen molar-refractivity contribution < 1.29 is 88.9 Å². The van der Waals surface area contributed by atoms with Gasteiger partial charge in [0.1, 0.15) is 0 Å². The van der Waals surface area contributed by atoms with Crippen molar-refractivity contribution in [2.24, 2.45) is 0 Å². The number of carbonyl (C=O) groups is 1. The van der Waals surface area contributed by atoms with Crippen LogP contribution < -0.4 is 5.32 Å². The highest BCUT2D eigenvalue weighted by Crippen LogP contribution is 2.56. The molecule has 1 aromatic carbocycles. The molecule has 0 spiro atoms. The van der Waals surface area contributed by atoms with Crippen LogP contribution in [0.5, 0.6) is 0 Å². The molecule has 0 aliphatic rings. The van der Waals surface area contributed by atoms with E-state index >= 15 is 0 Å². The third-order valence-corrected chi connectivity index (χ3v) is 4.05. The maximum Gasteiger partial charge on any atom is 0.462 e. The number of hydrogen-bond acceptors (Lipinski definition) is 3. The number of alkyl halides is 17. The lowest BCUT2D eigenvalue weighted by atomic mass is 10.1. The zero-order valence-corrected chi connectivity index (χ0v) is 17.0. The summed E-state index contributed by atoms with van der Waals surface area (Å²) in [5.41, 5.74) is -1.10. The highest BCUT2D eigenvalue weighted by molar-refractivity contribution is 5.97. The molecule has 4 nitrogen and oxygen atoms in total. The van der Waals surface area contributed by atoms with E-state index in [0.717, 1.165) is 30.4 Å². The van der Waals surface area contributed by atoms with E-state index < -0.39 is 60.0 Å². The number of ether oxygens (including phenoxy) is 2. The first-order chi connectivity index (χ1) is 16.1. The Kier molecular flexibility index (Phi) is 8.17. The fraction of sp³-hybridized carbons (Fsp3) is 0.562. The Bertz CT molecular complexity index is 986. The van der Waals surface area contributed by atoms with E-state index in [1.807, 2.05) is 4.74 Å². The second kappa shape index (κ2) is 9.31. The van der Waals surface area contributed by atoms with Crippen molar-refractivity contribution in [1.82, 2.24) is 0 Å². The number of nitrogens with one attached hydrogen (secondary N) is 1. The number of halogens is 17. The van der Waals surface area contributed by atoms with Gasteiger partial charge < -0.3 is 5.32 Å². The average Bonchev–Trinajstić information content (AvgIpc) is 2.66. The van der Waals surface area contributed by atoms with Crippen molar-refractivity contribution in [3.8, 4) is 0 Å². The molecule has 2 atom stereocenters. The van der Waals surface area contributed by atoms with Crippen LogP contribution in [0, 0.1) is 6.92 Å². The molecule has 1 amide bonds. The topological polar surface area (TPSA) is 47.6 Å². The molecule has 0 unspecified atom stereocenters. The van der Waals surface area contributed by atoms with Crippen molar-refractivity contribution in [2.75, 3.05) is 5.32 Å². The lowest BCUT2D eigenvalue weighted by molar-refractivity contribution is -0.548. The van der Waals surface area contributed by atoms with Gasteiger partial charge in [0.25, 0.3) is 5.91 Å². The van der Waals surface area contributed by atoms with Crippen molar-refractivity contribution in [3.63, 3.8) is 0 Å². The normalized spacial score (nSPS) is 17.7. The van der Waals surface area contributed by atoms with Gasteiger partial charge >= 0.3 is 48.4 Å². The van der Waals surface area contributed by atoms with Crippen molar-refractivity contribution >= 4 is 11.6 Å². The van der Waals surface area contributed by atoms with Crippen LogP contribution in [0.3, 0.4) is 0 Å². The van der Waals surface area contributed by atoms with Crippen LogP contribution in [0.1, 0.15) is 5.56 Å². The van der Waals surface area contributed by atoms with Crippen LogP contribution in [0.25, 0.3) is 0 Å². The molecule has 1 N–H and O–H groups in total. The summed E-state index contributed by atoms with van der Waals surface area (Å²) in [6, 6.07) is 3.74. The van der Waals surface area contributed by atoms with E-state index in [4.69, 9.17) is 0 Å². The monoisotopic (exact) mass is 585 g/mol. The van der Waals surface area contributed by atoms with Gasteiger partial charge in [0.15, 0.2) is 0 Å². The Hall–Kier alpha value is -2.58. The minimum Gasteiger partial charge on any atom is -0.321 e. The maximum absolute atomic E-state index is 14.4. The number of benzene rings is 1. The fourth-order valence-corrected chi connectivity index (χ4v) is 2.08. The van der Waals surface area contributed by atoms with E-state index in [2.05, 4.69) is 0 Å². The van der Waals surface area contributed by atoms with Gasteiger partial charge in [-0.1, -0.05) is 18.2 Å². The molecule has 0 saturated carbocycles. The molecule has 0 saturated heterocycles. The zero-order chi connectivity index (χ0) is 29.7. The number of hydrogen-bond donors (Lipinski definition) is 1. The van der Waals surface area contributed by atoms with Gasteiger partial charge in [-0.15, -0.1) is 0 Å². The van der Waals surface area contributed by atoms with Crippen molar-refractivity contribution in [1.29, 1.82) is 0 Å². The Labute approximate surface area is 192 Å². The summed E-state index contributed by atoms with van der Waals surface area (Å²) in [7, 11) is 0. The second-order valence-corrected chi connectivity index (χ2v) is 6.76. The lowest BCUT2D eigenvalue weighted by Crippen LogP contribution is -2.68. The number of anilines is 1. The van der Waals surface area contributed by atoms with Crippen molar-refractivity contribution in [3.05, 3.63) is 29.8 Å². The van der Waals surface area contributed by atoms with Gasteiger partial charge in [-0.2, -0.15) is 74.6 Å². The van der Waals surface area contributed by atoms with Crippen LogP contribution in [0.2, 0.25) is 0 Å².